The molecule has 3 aromatic carbocycles. The second kappa shape index (κ2) is 11.4. The lowest BCUT2D eigenvalue weighted by atomic mass is 9.91. The molecular weight excluding hydrogens is 502 g/mol. The third-order valence-electron chi connectivity index (χ3n) is 7.69. The van der Waals surface area contributed by atoms with Gasteiger partial charge in [0, 0.05) is 23.8 Å². The van der Waals surface area contributed by atoms with Crippen LogP contribution in [0.25, 0.3) is 0 Å². The molecule has 1 fully saturated rings. The third kappa shape index (κ3) is 5.78. The number of ether oxygens (including phenoxy) is 2. The highest BCUT2D eigenvalue weighted by Crippen LogP contribution is 2.35. The van der Waals surface area contributed by atoms with Crippen LogP contribution in [0.3, 0.4) is 0 Å². The number of carbonyl (C=O) groups is 2. The molecule has 1 unspecified atom stereocenters. The predicted octanol–water partition coefficient (Wildman–Crippen LogP) is 6.37. The van der Waals surface area contributed by atoms with Crippen molar-refractivity contribution in [2.24, 2.45) is 0 Å². The van der Waals surface area contributed by atoms with Gasteiger partial charge in [-0.1, -0.05) is 60.7 Å². The number of rotatable bonds is 8. The minimum atomic E-state index is -0.492. The molecule has 2 aliphatic rings. The first-order valence-corrected chi connectivity index (χ1v) is 14.0. The van der Waals surface area contributed by atoms with Gasteiger partial charge in [0.1, 0.15) is 18.5 Å². The van der Waals surface area contributed by atoms with E-state index in [9.17, 15) is 9.59 Å². The Morgan fingerprint density at radius 3 is 2.33 bits per heavy atom. The minimum Gasteiger partial charge on any atom is -0.486 e. The number of benzene rings is 3. The Morgan fingerprint density at radius 2 is 1.62 bits per heavy atom. The summed E-state index contributed by atoms with van der Waals surface area (Å²) < 4.78 is 12.9. The van der Waals surface area contributed by atoms with Crippen LogP contribution in [0.15, 0.2) is 91.1 Å². The topological polar surface area (TPSA) is 73.7 Å². The number of carbonyl (C=O) groups excluding carboxylic acids is 2. The Kier molecular flexibility index (Phi) is 7.36. The average molecular weight is 536 g/mol. The summed E-state index contributed by atoms with van der Waals surface area (Å²) in [6.45, 7) is 2.22. The number of amides is 1. The summed E-state index contributed by atoms with van der Waals surface area (Å²) >= 11 is 0. The van der Waals surface area contributed by atoms with E-state index in [0.717, 1.165) is 53.8 Å². The van der Waals surface area contributed by atoms with E-state index in [1.165, 1.54) is 4.68 Å². The highest BCUT2D eigenvalue weighted by molar-refractivity contribution is 5.95. The van der Waals surface area contributed by atoms with Crippen molar-refractivity contribution in [2.45, 2.75) is 63.8 Å². The van der Waals surface area contributed by atoms with Crippen LogP contribution in [0.1, 0.15) is 65.0 Å². The Morgan fingerprint density at radius 1 is 0.925 bits per heavy atom. The van der Waals surface area contributed by atoms with Crippen LogP contribution in [0, 0.1) is 0 Å². The van der Waals surface area contributed by atoms with Gasteiger partial charge in [-0.3, -0.25) is 4.79 Å². The second-order valence-electron chi connectivity index (χ2n) is 10.6. The molecule has 40 heavy (non-hydrogen) atoms. The minimum absolute atomic E-state index is 0.0493. The van der Waals surface area contributed by atoms with Gasteiger partial charge >= 0.3 is 6.09 Å². The second-order valence-corrected chi connectivity index (χ2v) is 10.6. The van der Waals surface area contributed by atoms with Crippen LogP contribution in [-0.4, -0.2) is 38.8 Å². The average Bonchev–Trinajstić information content (AvgIpc) is 3.74. The first-order valence-electron chi connectivity index (χ1n) is 14.0. The molecule has 4 aromatic rings. The Bertz CT molecular complexity index is 1460. The number of aryl methyl sites for hydroxylation is 1. The summed E-state index contributed by atoms with van der Waals surface area (Å²) in [4.78, 5) is 28.4. The van der Waals surface area contributed by atoms with Gasteiger partial charge in [-0.05, 0) is 80.0 Å². The molecule has 204 valence electrons. The van der Waals surface area contributed by atoms with Gasteiger partial charge in [0.05, 0.1) is 5.69 Å². The zero-order valence-electron chi connectivity index (χ0n) is 22.6. The third-order valence-corrected chi connectivity index (χ3v) is 7.69. The van der Waals surface area contributed by atoms with E-state index in [2.05, 4.69) is 10.00 Å². The molecule has 1 saturated carbocycles. The number of hydrogen-bond acceptors (Lipinski definition) is 5. The molecule has 1 aromatic heterocycles. The van der Waals surface area contributed by atoms with E-state index in [1.54, 1.807) is 6.20 Å². The van der Waals surface area contributed by atoms with Crippen molar-refractivity contribution in [3.63, 3.8) is 0 Å². The van der Waals surface area contributed by atoms with Gasteiger partial charge in [0.2, 0.25) is 0 Å². The maximum Gasteiger partial charge on any atom is 0.435 e. The zero-order valence-corrected chi connectivity index (χ0v) is 22.6. The van der Waals surface area contributed by atoms with Gasteiger partial charge in [-0.25, -0.2) is 4.79 Å². The van der Waals surface area contributed by atoms with Gasteiger partial charge in [0.25, 0.3) is 5.91 Å². The lowest BCUT2D eigenvalue weighted by Crippen LogP contribution is -2.44. The van der Waals surface area contributed by atoms with Crippen molar-refractivity contribution in [3.8, 4) is 5.75 Å². The molecule has 0 saturated heterocycles. The largest absolute Gasteiger partial charge is 0.486 e. The van der Waals surface area contributed by atoms with E-state index in [-0.39, 0.29) is 30.7 Å². The summed E-state index contributed by atoms with van der Waals surface area (Å²) in [7, 11) is 0. The Balaban J connectivity index is 1.10. The van der Waals surface area contributed by atoms with Crippen LogP contribution < -0.4 is 4.74 Å². The Hall–Kier alpha value is -4.39. The molecule has 1 amide bonds. The molecule has 0 bridgehead atoms. The monoisotopic (exact) mass is 535 g/mol. The van der Waals surface area contributed by atoms with Crippen LogP contribution >= 0.6 is 0 Å². The van der Waals surface area contributed by atoms with Crippen LogP contribution in [0.5, 0.6) is 5.75 Å². The van der Waals surface area contributed by atoms with Gasteiger partial charge in [-0.15, -0.1) is 0 Å². The number of fused-ring (bicyclic) bond motifs is 1. The van der Waals surface area contributed by atoms with Crippen LogP contribution in [0.2, 0.25) is 0 Å². The fourth-order valence-electron chi connectivity index (χ4n) is 5.41. The molecule has 1 heterocycles. The summed E-state index contributed by atoms with van der Waals surface area (Å²) in [6.07, 6.45) is 5.46. The van der Waals surface area contributed by atoms with E-state index in [0.29, 0.717) is 12.0 Å². The summed E-state index contributed by atoms with van der Waals surface area (Å²) in [6, 6.07) is 27.5. The first kappa shape index (κ1) is 25.9. The standard InChI is InChI=1S/C33H33N3O4/c1-23(25-10-6-3-7-11-25)40-30-17-12-26(13-18-30)32(37)36(28-14-15-28)29-16-19-31-27(20-29)21-35(34-31)33(38)39-22-24-8-4-2-5-9-24/h2-13,17-18,21,23,28-29H,14-16,19-20,22H2,1H3/t23-,29?/m0/s1. The van der Waals surface area contributed by atoms with Crippen LogP contribution in [-0.2, 0) is 24.2 Å². The van der Waals surface area contributed by atoms with Crippen molar-refractivity contribution in [3.05, 3.63) is 119 Å². The summed E-state index contributed by atoms with van der Waals surface area (Å²) in [5.41, 5.74) is 4.61. The van der Waals surface area contributed by atoms with Gasteiger partial charge in [-0.2, -0.15) is 9.78 Å². The van der Waals surface area contributed by atoms with Gasteiger partial charge < -0.3 is 14.4 Å². The zero-order chi connectivity index (χ0) is 27.5. The molecular formula is C33H33N3O4. The number of hydrogen-bond donors (Lipinski definition) is 0. The van der Waals surface area contributed by atoms with Crippen molar-refractivity contribution < 1.29 is 19.1 Å². The maximum absolute atomic E-state index is 13.7. The van der Waals surface area contributed by atoms with Crippen molar-refractivity contribution in [2.75, 3.05) is 0 Å². The normalized spacial score (nSPS) is 17.0. The molecule has 0 radical (unpaired) electrons. The molecule has 6 rings (SSSR count). The smallest absolute Gasteiger partial charge is 0.435 e. The lowest BCUT2D eigenvalue weighted by molar-refractivity contribution is 0.0642. The lowest BCUT2D eigenvalue weighted by Gasteiger charge is -2.34. The highest BCUT2D eigenvalue weighted by Gasteiger charge is 2.39. The molecule has 2 atom stereocenters. The first-order chi connectivity index (χ1) is 19.5. The molecule has 7 nitrogen and oxygen atoms in total. The molecule has 2 aliphatic carbocycles. The van der Waals surface area contributed by atoms with E-state index in [4.69, 9.17) is 9.47 Å². The Labute approximate surface area is 234 Å². The number of aromatic nitrogens is 2. The molecule has 7 heteroatoms. The van der Waals surface area contributed by atoms with E-state index in [1.807, 2.05) is 91.9 Å². The molecule has 0 spiro atoms. The fourth-order valence-corrected chi connectivity index (χ4v) is 5.41. The van der Waals surface area contributed by atoms with Crippen molar-refractivity contribution in [1.29, 1.82) is 0 Å². The predicted molar refractivity (Wildman–Crippen MR) is 151 cm³/mol. The molecule has 0 N–H and O–H groups in total. The highest BCUT2D eigenvalue weighted by atomic mass is 16.6. The maximum atomic E-state index is 13.7. The van der Waals surface area contributed by atoms with Gasteiger partial charge in [0.15, 0.2) is 0 Å². The van der Waals surface area contributed by atoms with Crippen molar-refractivity contribution in [1.82, 2.24) is 14.7 Å². The van der Waals surface area contributed by atoms with E-state index >= 15 is 0 Å². The number of nitrogens with zero attached hydrogens (tertiary/aromatic N) is 3. The van der Waals surface area contributed by atoms with E-state index < -0.39 is 6.09 Å². The van der Waals surface area contributed by atoms with Crippen molar-refractivity contribution >= 4 is 12.0 Å². The van der Waals surface area contributed by atoms with Crippen LogP contribution in [0.4, 0.5) is 4.79 Å². The quantitative estimate of drug-likeness (QED) is 0.262. The summed E-state index contributed by atoms with van der Waals surface area (Å²) in [5.74, 6) is 0.785. The molecule has 0 aliphatic heterocycles. The fraction of sp³-hybridized carbons (Fsp3) is 0.303. The summed E-state index contributed by atoms with van der Waals surface area (Å²) in [5, 5.41) is 4.50. The SMILES string of the molecule is C[C@H](Oc1ccc(C(=O)N(C2CC2)C2CCc3nn(C(=O)OCc4ccccc4)cc3C2)cc1)c1ccccc1.